The van der Waals surface area contributed by atoms with Crippen molar-refractivity contribution in [1.82, 2.24) is 4.90 Å². The first-order valence-corrected chi connectivity index (χ1v) is 8.87. The van der Waals surface area contributed by atoms with Gasteiger partial charge in [0.05, 0.1) is 4.92 Å². The van der Waals surface area contributed by atoms with E-state index in [0.717, 1.165) is 38.0 Å². The smallest absolute Gasteiger partial charge is 0.269 e. The second kappa shape index (κ2) is 8.07. The van der Waals surface area contributed by atoms with Gasteiger partial charge in [0.15, 0.2) is 5.11 Å². The molecule has 0 amide bonds. The molecule has 3 rings (SSSR count). The number of thiocarbonyl (C=S) groups is 1. The summed E-state index contributed by atoms with van der Waals surface area (Å²) >= 11 is 5.49. The molecule has 0 radical (unpaired) electrons. The topological polar surface area (TPSA) is 58.4 Å². The van der Waals surface area contributed by atoms with Crippen LogP contribution in [0, 0.1) is 16.0 Å². The van der Waals surface area contributed by atoms with Gasteiger partial charge in [0, 0.05) is 30.9 Å². The summed E-state index contributed by atoms with van der Waals surface area (Å²) in [6.07, 6.45) is 3.37. The summed E-state index contributed by atoms with van der Waals surface area (Å²) in [4.78, 5) is 12.5. The fourth-order valence-corrected chi connectivity index (χ4v) is 3.46. The van der Waals surface area contributed by atoms with E-state index in [9.17, 15) is 10.1 Å². The van der Waals surface area contributed by atoms with Gasteiger partial charge in [-0.3, -0.25) is 10.1 Å². The van der Waals surface area contributed by atoms with Crippen LogP contribution in [0.25, 0.3) is 0 Å². The molecule has 1 saturated heterocycles. The third kappa shape index (κ3) is 4.76. The molecule has 0 aromatic heterocycles. The molecule has 1 aliphatic heterocycles. The Balaban J connectivity index is 1.49. The van der Waals surface area contributed by atoms with Crippen LogP contribution in [-0.4, -0.2) is 28.0 Å². The number of likely N-dealkylation sites (tertiary alicyclic amines) is 1. The van der Waals surface area contributed by atoms with Crippen LogP contribution in [-0.2, 0) is 6.42 Å². The summed E-state index contributed by atoms with van der Waals surface area (Å²) < 4.78 is 0. The fourth-order valence-electron chi connectivity index (χ4n) is 3.16. The van der Waals surface area contributed by atoms with E-state index in [1.54, 1.807) is 12.1 Å². The molecule has 0 bridgehead atoms. The zero-order chi connectivity index (χ0) is 17.6. The van der Waals surface area contributed by atoms with Gasteiger partial charge in [0.2, 0.25) is 0 Å². The Hall–Kier alpha value is -2.47. The van der Waals surface area contributed by atoms with Crippen molar-refractivity contribution >= 4 is 28.7 Å². The van der Waals surface area contributed by atoms with E-state index >= 15 is 0 Å². The predicted octanol–water partition coefficient (Wildman–Crippen LogP) is 4.25. The Bertz CT molecular complexity index is 726. The van der Waals surface area contributed by atoms with Gasteiger partial charge in [0.25, 0.3) is 5.69 Å². The molecule has 25 heavy (non-hydrogen) atoms. The number of nitro groups is 1. The van der Waals surface area contributed by atoms with Crippen molar-refractivity contribution < 1.29 is 4.92 Å². The molecule has 1 heterocycles. The van der Waals surface area contributed by atoms with Gasteiger partial charge in [-0.1, -0.05) is 30.3 Å². The Labute approximate surface area is 152 Å². The lowest BCUT2D eigenvalue weighted by Crippen LogP contribution is -2.41. The van der Waals surface area contributed by atoms with Gasteiger partial charge in [-0.15, -0.1) is 0 Å². The number of non-ortho nitro benzene ring substituents is 1. The van der Waals surface area contributed by atoms with Gasteiger partial charge in [-0.25, -0.2) is 0 Å². The lowest BCUT2D eigenvalue weighted by molar-refractivity contribution is -0.384. The number of nitrogens with zero attached hydrogens (tertiary/aromatic N) is 2. The van der Waals surface area contributed by atoms with Crippen LogP contribution in [0.5, 0.6) is 0 Å². The summed E-state index contributed by atoms with van der Waals surface area (Å²) in [6, 6.07) is 16.9. The molecule has 6 heteroatoms. The van der Waals surface area contributed by atoms with Crippen LogP contribution >= 0.6 is 12.2 Å². The van der Waals surface area contributed by atoms with E-state index in [1.807, 2.05) is 0 Å². The normalized spacial score (nSPS) is 15.0. The first-order valence-electron chi connectivity index (χ1n) is 8.46. The zero-order valence-electron chi connectivity index (χ0n) is 13.9. The highest BCUT2D eigenvalue weighted by Crippen LogP contribution is 2.23. The van der Waals surface area contributed by atoms with Crippen LogP contribution < -0.4 is 5.32 Å². The molecule has 1 N–H and O–H groups in total. The molecule has 130 valence electrons. The second-order valence-corrected chi connectivity index (χ2v) is 6.74. The van der Waals surface area contributed by atoms with Crippen molar-refractivity contribution in [2.45, 2.75) is 19.3 Å². The average molecular weight is 355 g/mol. The van der Waals surface area contributed by atoms with Crippen molar-refractivity contribution in [2.75, 3.05) is 18.4 Å². The highest BCUT2D eigenvalue weighted by atomic mass is 32.1. The monoisotopic (exact) mass is 355 g/mol. The molecular weight excluding hydrogens is 334 g/mol. The third-order valence-corrected chi connectivity index (χ3v) is 4.96. The molecule has 1 fully saturated rings. The first-order chi connectivity index (χ1) is 12.1. The molecule has 0 spiro atoms. The van der Waals surface area contributed by atoms with Crippen LogP contribution in [0.2, 0.25) is 0 Å². The van der Waals surface area contributed by atoms with Gasteiger partial charge in [-0.2, -0.15) is 0 Å². The number of hydrogen-bond donors (Lipinski definition) is 1. The SMILES string of the molecule is O=[N+]([O-])c1ccc(NC(=S)N2CCC(Cc3ccccc3)CC2)cc1. The maximum absolute atomic E-state index is 10.7. The number of hydrogen-bond acceptors (Lipinski definition) is 3. The minimum atomic E-state index is -0.403. The van der Waals surface area contributed by atoms with E-state index in [1.165, 1.54) is 17.7 Å². The molecule has 1 aliphatic rings. The number of nitro benzene ring substituents is 1. The van der Waals surface area contributed by atoms with Crippen LogP contribution in [0.1, 0.15) is 18.4 Å². The first kappa shape index (κ1) is 17.4. The minimum absolute atomic E-state index is 0.0817. The van der Waals surface area contributed by atoms with Crippen molar-refractivity contribution in [3.8, 4) is 0 Å². The third-order valence-electron chi connectivity index (χ3n) is 4.60. The predicted molar refractivity (Wildman–Crippen MR) is 104 cm³/mol. The Morgan fingerprint density at radius 3 is 2.36 bits per heavy atom. The van der Waals surface area contributed by atoms with Gasteiger partial charge in [-0.05, 0) is 55.1 Å². The fraction of sp³-hybridized carbons (Fsp3) is 0.316. The molecule has 0 aliphatic carbocycles. The Kier molecular flexibility index (Phi) is 5.60. The number of nitrogens with one attached hydrogen (secondary N) is 1. The molecule has 0 unspecified atom stereocenters. The molecule has 5 nitrogen and oxygen atoms in total. The van der Waals surface area contributed by atoms with Crippen molar-refractivity contribution in [3.63, 3.8) is 0 Å². The van der Waals surface area contributed by atoms with Crippen molar-refractivity contribution in [2.24, 2.45) is 5.92 Å². The maximum atomic E-state index is 10.7. The van der Waals surface area contributed by atoms with Crippen LogP contribution in [0.4, 0.5) is 11.4 Å². The van der Waals surface area contributed by atoms with E-state index in [4.69, 9.17) is 12.2 Å². The summed E-state index contributed by atoms with van der Waals surface area (Å²) in [6.45, 7) is 1.88. The lowest BCUT2D eigenvalue weighted by Gasteiger charge is -2.34. The maximum Gasteiger partial charge on any atom is 0.269 e. The van der Waals surface area contributed by atoms with Crippen LogP contribution in [0.3, 0.4) is 0 Å². The van der Waals surface area contributed by atoms with E-state index < -0.39 is 4.92 Å². The zero-order valence-corrected chi connectivity index (χ0v) is 14.7. The molecular formula is C19H21N3O2S. The van der Waals surface area contributed by atoms with Crippen molar-refractivity contribution in [3.05, 3.63) is 70.3 Å². The highest BCUT2D eigenvalue weighted by molar-refractivity contribution is 7.80. The number of benzene rings is 2. The summed E-state index contributed by atoms with van der Waals surface area (Å²) in [5.74, 6) is 0.695. The molecule has 0 saturated carbocycles. The average Bonchev–Trinajstić information content (AvgIpc) is 2.63. The van der Waals surface area contributed by atoms with E-state index in [-0.39, 0.29) is 5.69 Å². The lowest BCUT2D eigenvalue weighted by atomic mass is 9.90. The van der Waals surface area contributed by atoms with Gasteiger partial charge in [0.1, 0.15) is 0 Å². The summed E-state index contributed by atoms with van der Waals surface area (Å²) in [5, 5.41) is 14.6. The highest BCUT2D eigenvalue weighted by Gasteiger charge is 2.21. The van der Waals surface area contributed by atoms with Gasteiger partial charge < -0.3 is 10.2 Å². The van der Waals surface area contributed by atoms with E-state index in [2.05, 4.69) is 40.5 Å². The molecule has 2 aromatic carbocycles. The molecule has 0 atom stereocenters. The van der Waals surface area contributed by atoms with Gasteiger partial charge >= 0.3 is 0 Å². The summed E-state index contributed by atoms with van der Waals surface area (Å²) in [7, 11) is 0. The second-order valence-electron chi connectivity index (χ2n) is 6.35. The number of piperidine rings is 1. The van der Waals surface area contributed by atoms with Crippen LogP contribution in [0.15, 0.2) is 54.6 Å². The minimum Gasteiger partial charge on any atom is -0.349 e. The summed E-state index contributed by atoms with van der Waals surface area (Å²) in [5.41, 5.74) is 2.26. The van der Waals surface area contributed by atoms with Crippen molar-refractivity contribution in [1.29, 1.82) is 0 Å². The largest absolute Gasteiger partial charge is 0.349 e. The Morgan fingerprint density at radius 2 is 1.76 bits per heavy atom. The number of anilines is 1. The Morgan fingerprint density at radius 1 is 1.12 bits per heavy atom. The van der Waals surface area contributed by atoms with E-state index in [0.29, 0.717) is 11.0 Å². The standard InChI is InChI=1S/C19H21N3O2S/c23-22(24)18-8-6-17(7-9-18)20-19(25)21-12-10-16(11-13-21)14-15-4-2-1-3-5-15/h1-9,16H,10-14H2,(H,20,25). The quantitative estimate of drug-likeness (QED) is 0.505. The molecule has 2 aromatic rings. The number of rotatable bonds is 4.